The number of hydrogen-bond donors (Lipinski definition) is 7. The number of likely N-dealkylation sites (N-methyl/N-ethyl adjacent to an activating group) is 2. The van der Waals surface area contributed by atoms with Gasteiger partial charge in [0.15, 0.2) is 0 Å². The first-order valence-electron chi connectivity index (χ1n) is 30.9. The third-order valence-electron chi connectivity index (χ3n) is 17.4. The summed E-state index contributed by atoms with van der Waals surface area (Å²) < 4.78 is 21.1. The summed E-state index contributed by atoms with van der Waals surface area (Å²) in [6.07, 6.45) is 8.57. The number of rotatable bonds is 24. The molecular weight excluding hydrogens is 1160 g/mol. The van der Waals surface area contributed by atoms with Crippen molar-refractivity contribution in [2.45, 2.75) is 153 Å². The van der Waals surface area contributed by atoms with Gasteiger partial charge >= 0.3 is 0 Å². The summed E-state index contributed by atoms with van der Waals surface area (Å²) in [4.78, 5) is 88.4. The molecule has 8 N–H and O–H groups in total. The van der Waals surface area contributed by atoms with Gasteiger partial charge in [-0.25, -0.2) is 4.40 Å². The first kappa shape index (κ1) is 65.7. The summed E-state index contributed by atoms with van der Waals surface area (Å²) in [5, 5.41) is 23.1. The highest BCUT2D eigenvalue weighted by atomic mass is 32.2. The Kier molecular flexibility index (Phi) is 23.7. The maximum atomic E-state index is 14.9. The minimum absolute atomic E-state index is 0.0669. The van der Waals surface area contributed by atoms with Gasteiger partial charge in [0.1, 0.15) is 39.9 Å². The summed E-state index contributed by atoms with van der Waals surface area (Å²) in [7, 11) is 3.40. The van der Waals surface area contributed by atoms with E-state index < -0.39 is 54.4 Å². The Morgan fingerprint density at radius 2 is 1.12 bits per heavy atom. The molecular formula is C67H82N12O8S2. The SMILES string of the molecule is C=NS/C(NC(=O)[C@@H]1CC(OCc2ccc(C#Cc3ccc(CO[C@H]4C[C@@H](C(=O)Nc5snnc5-c5ccccc5)N(C(=O)[C@@H](NC(=O)[C@H](C)NC)C5CCCCC5)C4)cc3)cc2)CN1C(=O)[C@@H](NC(=O)[C@H](C)NC)C1CCCCC1)=C(\N)c1ccccc1. The Morgan fingerprint density at radius 1 is 0.663 bits per heavy atom. The van der Waals surface area contributed by atoms with Crippen LogP contribution in [-0.4, -0.2) is 137 Å². The molecule has 2 aliphatic carbocycles. The molecule has 1 unspecified atom stereocenters. The zero-order valence-electron chi connectivity index (χ0n) is 51.1. The topological polar surface area (TPSA) is 264 Å². The molecule has 20 nitrogen and oxygen atoms in total. The normalized spacial score (nSPS) is 20.4. The quantitative estimate of drug-likeness (QED) is 0.0182. The van der Waals surface area contributed by atoms with Crippen LogP contribution in [0.3, 0.4) is 0 Å². The fraction of sp³-hybridized carbons (Fsp3) is 0.448. The first-order chi connectivity index (χ1) is 43.2. The van der Waals surface area contributed by atoms with Crippen molar-refractivity contribution in [1.82, 2.24) is 46.0 Å². The van der Waals surface area contributed by atoms with E-state index in [9.17, 15) is 28.8 Å². The summed E-state index contributed by atoms with van der Waals surface area (Å²) in [6.45, 7) is 7.84. The van der Waals surface area contributed by atoms with Crippen LogP contribution in [-0.2, 0) is 51.5 Å². The van der Waals surface area contributed by atoms with E-state index in [1.807, 2.05) is 109 Å². The number of carbonyl (C=O) groups is 6. The van der Waals surface area contributed by atoms with Crippen LogP contribution in [0, 0.1) is 23.7 Å². The molecule has 9 rings (SSSR count). The molecule has 4 aromatic carbocycles. The van der Waals surface area contributed by atoms with Crippen LogP contribution in [0.25, 0.3) is 17.0 Å². The van der Waals surface area contributed by atoms with Crippen molar-refractivity contribution in [3.8, 4) is 23.1 Å². The summed E-state index contributed by atoms with van der Waals surface area (Å²) >= 11 is 2.01. The first-order valence-corrected chi connectivity index (χ1v) is 32.4. The molecule has 470 valence electrons. The number of carbonyl (C=O) groups excluding carboxylic acids is 6. The van der Waals surface area contributed by atoms with Gasteiger partial charge in [-0.1, -0.05) is 140 Å². The fourth-order valence-corrected chi connectivity index (χ4v) is 13.1. The molecule has 2 saturated carbocycles. The van der Waals surface area contributed by atoms with Crippen molar-refractivity contribution in [3.63, 3.8) is 0 Å². The third kappa shape index (κ3) is 17.3. The number of ether oxygens (including phenoxy) is 2. The van der Waals surface area contributed by atoms with Crippen LogP contribution in [0.2, 0.25) is 0 Å². The number of aromatic nitrogens is 2. The van der Waals surface area contributed by atoms with E-state index in [-0.39, 0.29) is 85.5 Å². The highest BCUT2D eigenvalue weighted by molar-refractivity contribution is 8.02. The molecule has 4 fully saturated rings. The van der Waals surface area contributed by atoms with Gasteiger partial charge < -0.3 is 56.9 Å². The van der Waals surface area contributed by atoms with Crippen LogP contribution in [0.15, 0.2) is 119 Å². The molecule has 4 aliphatic rings. The van der Waals surface area contributed by atoms with Crippen molar-refractivity contribution in [3.05, 3.63) is 142 Å². The molecule has 1 aromatic heterocycles. The average Bonchev–Trinajstić information content (AvgIpc) is 2.40. The number of anilines is 1. The molecule has 8 atom stereocenters. The zero-order valence-corrected chi connectivity index (χ0v) is 52.7. The number of benzene rings is 4. The standard InChI is InChI=1S/C67H82N12O8S2/c1-42(69-3)60(80)72-58(50-22-14-8-15-23-50)66(84)78-38-52(36-54(78)62(82)74-64(88-71-5)56(68)48-18-10-6-11-19-48)86-40-46-32-28-44(29-33-46)26-27-45-30-34-47(35-31-45)41-87-53-37-55(63(83)75-65-57(76-77-89-65)49-20-12-7-13-21-49)79(39-53)67(85)59(51-24-16-9-17-25-51)73-61(81)43(2)70-4/h6-7,10-13,18-21,28-35,42-43,50-55,58-59,69-70H,5,8-9,14-17,22-25,36-41,68H2,1-4H3,(H,72,80)(H,73,81)(H,74,82)(H,75,83)/b64-56-/t42-,43-,52?,53-,54-,55-,58-,59-/m0/s1. The van der Waals surface area contributed by atoms with Gasteiger partial charge in [0, 0.05) is 71.7 Å². The molecule has 22 heteroatoms. The van der Waals surface area contributed by atoms with Crippen LogP contribution in [0.4, 0.5) is 5.00 Å². The number of nitrogens with two attached hydrogens (primary N) is 1. The lowest BCUT2D eigenvalue weighted by molar-refractivity contribution is -0.143. The van der Waals surface area contributed by atoms with Gasteiger partial charge in [-0.15, -0.1) is 5.10 Å². The van der Waals surface area contributed by atoms with Crippen LogP contribution >= 0.6 is 23.5 Å². The molecule has 6 amide bonds. The van der Waals surface area contributed by atoms with Gasteiger partial charge in [0.05, 0.1) is 43.2 Å². The highest BCUT2D eigenvalue weighted by Crippen LogP contribution is 2.35. The second-order valence-electron chi connectivity index (χ2n) is 23.4. The minimum atomic E-state index is -0.939. The molecule has 89 heavy (non-hydrogen) atoms. The van der Waals surface area contributed by atoms with Gasteiger partial charge in [-0.2, -0.15) is 0 Å². The second-order valence-corrected chi connectivity index (χ2v) is 25.0. The Morgan fingerprint density at radius 3 is 1.58 bits per heavy atom. The predicted octanol–water partition coefficient (Wildman–Crippen LogP) is 7.31. The number of amides is 6. The molecule has 2 saturated heterocycles. The zero-order chi connectivity index (χ0) is 62.8. The summed E-state index contributed by atoms with van der Waals surface area (Å²) in [6, 6.07) is 29.7. The number of hydrogen-bond acceptors (Lipinski definition) is 16. The van der Waals surface area contributed by atoms with E-state index in [0.29, 0.717) is 22.0 Å². The van der Waals surface area contributed by atoms with Crippen molar-refractivity contribution in [2.75, 3.05) is 32.5 Å². The van der Waals surface area contributed by atoms with E-state index in [4.69, 9.17) is 15.2 Å². The minimum Gasteiger partial charge on any atom is -0.396 e. The molecule has 5 aromatic rings. The van der Waals surface area contributed by atoms with E-state index in [1.54, 1.807) is 37.7 Å². The van der Waals surface area contributed by atoms with Crippen LogP contribution in [0.1, 0.15) is 119 Å². The maximum Gasteiger partial charge on any atom is 0.247 e. The Labute approximate surface area is 530 Å². The Balaban J connectivity index is 0.840. The maximum absolute atomic E-state index is 14.9. The van der Waals surface area contributed by atoms with Crippen LogP contribution < -0.4 is 37.6 Å². The second kappa shape index (κ2) is 32.1. The number of nitrogens with zero attached hydrogens (tertiary/aromatic N) is 5. The van der Waals surface area contributed by atoms with Gasteiger partial charge in [-0.05, 0) is 108 Å². The monoisotopic (exact) mass is 1250 g/mol. The largest absolute Gasteiger partial charge is 0.396 e. The molecule has 0 bridgehead atoms. The Hall–Kier alpha value is -7.78. The molecule has 3 heterocycles. The molecule has 0 spiro atoms. The smallest absolute Gasteiger partial charge is 0.247 e. The van der Waals surface area contributed by atoms with E-state index >= 15 is 0 Å². The van der Waals surface area contributed by atoms with Gasteiger partial charge in [0.25, 0.3) is 0 Å². The number of nitrogens with one attached hydrogen (secondary N) is 6. The molecule has 0 radical (unpaired) electrons. The van der Waals surface area contributed by atoms with E-state index in [0.717, 1.165) is 116 Å². The average molecular weight is 1250 g/mol. The lowest BCUT2D eigenvalue weighted by Gasteiger charge is -2.35. The van der Waals surface area contributed by atoms with E-state index in [1.165, 1.54) is 0 Å². The number of likely N-dealkylation sites (tertiary alicyclic amines) is 2. The summed E-state index contributed by atoms with van der Waals surface area (Å²) in [5.41, 5.74) is 12.2. The van der Waals surface area contributed by atoms with E-state index in [2.05, 4.69) is 64.4 Å². The van der Waals surface area contributed by atoms with Gasteiger partial charge in [-0.3, -0.25) is 28.8 Å². The predicted molar refractivity (Wildman–Crippen MR) is 347 cm³/mol. The lowest BCUT2D eigenvalue weighted by Crippen LogP contribution is -2.58. The van der Waals surface area contributed by atoms with Crippen molar-refractivity contribution < 1.29 is 38.2 Å². The van der Waals surface area contributed by atoms with Crippen LogP contribution in [0.5, 0.6) is 0 Å². The van der Waals surface area contributed by atoms with Crippen molar-refractivity contribution in [2.24, 2.45) is 22.0 Å². The Bertz CT molecular complexity index is 3330. The van der Waals surface area contributed by atoms with Crippen molar-refractivity contribution >= 4 is 76.3 Å². The third-order valence-corrected chi connectivity index (χ3v) is 18.7. The van der Waals surface area contributed by atoms with Crippen molar-refractivity contribution in [1.29, 1.82) is 0 Å². The molecule has 2 aliphatic heterocycles. The lowest BCUT2D eigenvalue weighted by atomic mass is 9.83. The fourth-order valence-electron chi connectivity index (χ4n) is 12.0. The highest BCUT2D eigenvalue weighted by Gasteiger charge is 2.47. The summed E-state index contributed by atoms with van der Waals surface area (Å²) in [5.74, 6) is 4.34. The van der Waals surface area contributed by atoms with Gasteiger partial charge in [0.2, 0.25) is 35.4 Å².